The summed E-state index contributed by atoms with van der Waals surface area (Å²) in [6.07, 6.45) is 4.16. The highest BCUT2D eigenvalue weighted by Gasteiger charge is 2.21. The number of rotatable bonds is 7. The van der Waals surface area contributed by atoms with Gasteiger partial charge in [-0.15, -0.1) is 6.42 Å². The molecule has 0 aliphatic rings. The van der Waals surface area contributed by atoms with Gasteiger partial charge in [0.15, 0.2) is 11.9 Å². The van der Waals surface area contributed by atoms with Crippen molar-refractivity contribution in [2.45, 2.75) is 19.6 Å². The molecule has 2 N–H and O–H groups in total. The number of benzene rings is 1. The van der Waals surface area contributed by atoms with Crippen LogP contribution in [0.15, 0.2) is 18.2 Å². The van der Waals surface area contributed by atoms with Gasteiger partial charge in [-0.2, -0.15) is 0 Å². The van der Waals surface area contributed by atoms with E-state index in [2.05, 4.69) is 16.6 Å². The summed E-state index contributed by atoms with van der Waals surface area (Å²) in [4.78, 5) is 22.1. The van der Waals surface area contributed by atoms with Gasteiger partial charge >= 0.3 is 5.69 Å². The second-order valence-electron chi connectivity index (χ2n) is 4.27. The molecule has 0 aliphatic heterocycles. The Morgan fingerprint density at radius 1 is 1.57 bits per heavy atom. The molecule has 0 fully saturated rings. The predicted octanol–water partition coefficient (Wildman–Crippen LogP) is 0.831. The normalized spacial score (nSPS) is 11.3. The lowest BCUT2D eigenvalue weighted by atomic mass is 10.2. The molecule has 7 nitrogen and oxygen atoms in total. The molecule has 0 aliphatic carbocycles. The van der Waals surface area contributed by atoms with E-state index in [9.17, 15) is 14.9 Å². The summed E-state index contributed by atoms with van der Waals surface area (Å²) in [6, 6.07) is 4.53. The molecule has 7 heteroatoms. The van der Waals surface area contributed by atoms with Crippen molar-refractivity contribution in [3.05, 3.63) is 33.9 Å². The lowest BCUT2D eigenvalue weighted by molar-refractivity contribution is -0.386. The van der Waals surface area contributed by atoms with Gasteiger partial charge in [-0.3, -0.25) is 14.9 Å². The van der Waals surface area contributed by atoms with Crippen molar-refractivity contribution in [3.63, 3.8) is 0 Å². The average Bonchev–Trinajstić information content (AvgIpc) is 2.44. The molecule has 0 aromatic heterocycles. The molecule has 1 rings (SSSR count). The summed E-state index contributed by atoms with van der Waals surface area (Å²) < 4.78 is 5.40. The first kappa shape index (κ1) is 16.5. The number of carbonyl (C=O) groups is 1. The summed E-state index contributed by atoms with van der Waals surface area (Å²) in [5.74, 6) is 1.89. The first-order chi connectivity index (χ1) is 9.99. The minimum absolute atomic E-state index is 0.0520. The Bertz CT molecular complexity index is 566. The maximum Gasteiger partial charge on any atom is 0.310 e. The molecule has 1 amide bonds. The Morgan fingerprint density at radius 2 is 2.29 bits per heavy atom. The number of nitrogens with one attached hydrogen (secondary N) is 2. The van der Waals surface area contributed by atoms with Gasteiger partial charge in [0.2, 0.25) is 0 Å². The Morgan fingerprint density at radius 3 is 2.86 bits per heavy atom. The number of terminal acetylenes is 1. The molecule has 0 spiro atoms. The van der Waals surface area contributed by atoms with Crippen LogP contribution in [-0.4, -0.2) is 30.5 Å². The van der Waals surface area contributed by atoms with Gasteiger partial charge in [-0.1, -0.05) is 12.0 Å². The van der Waals surface area contributed by atoms with Crippen molar-refractivity contribution in [1.29, 1.82) is 0 Å². The van der Waals surface area contributed by atoms with E-state index < -0.39 is 16.9 Å². The number of hydrogen-bond acceptors (Lipinski definition) is 5. The molecule has 112 valence electrons. The van der Waals surface area contributed by atoms with Crippen LogP contribution in [0.2, 0.25) is 0 Å². The standard InChI is InChI=1S/C14H17N3O4/c1-4-7-16-14(18)10(2)21-13-8-11(9-15-3)5-6-12(13)17(19)20/h1,5-6,8,10,15H,7,9H2,2-3H3,(H,16,18). The van der Waals surface area contributed by atoms with Crippen LogP contribution < -0.4 is 15.4 Å². The van der Waals surface area contributed by atoms with Crippen molar-refractivity contribution in [2.24, 2.45) is 0 Å². The van der Waals surface area contributed by atoms with Gasteiger partial charge in [-0.05, 0) is 25.6 Å². The number of ether oxygens (including phenoxy) is 1. The fourth-order valence-electron chi connectivity index (χ4n) is 1.64. The van der Waals surface area contributed by atoms with Crippen molar-refractivity contribution < 1.29 is 14.5 Å². The number of amides is 1. The van der Waals surface area contributed by atoms with Gasteiger partial charge in [0.25, 0.3) is 5.91 Å². The van der Waals surface area contributed by atoms with Crippen LogP contribution in [0.25, 0.3) is 0 Å². The number of nitro benzene ring substituents is 1. The molecule has 0 bridgehead atoms. The summed E-state index contributed by atoms with van der Waals surface area (Å²) >= 11 is 0. The Balaban J connectivity index is 2.93. The second kappa shape index (κ2) is 7.87. The van der Waals surface area contributed by atoms with E-state index in [1.165, 1.54) is 13.0 Å². The largest absolute Gasteiger partial charge is 0.474 e. The first-order valence-electron chi connectivity index (χ1n) is 6.29. The van der Waals surface area contributed by atoms with E-state index in [0.29, 0.717) is 6.54 Å². The van der Waals surface area contributed by atoms with Crippen molar-refractivity contribution in [2.75, 3.05) is 13.6 Å². The number of nitro groups is 1. The van der Waals surface area contributed by atoms with Gasteiger partial charge < -0.3 is 15.4 Å². The second-order valence-corrected chi connectivity index (χ2v) is 4.27. The number of hydrogen-bond donors (Lipinski definition) is 2. The molecule has 1 aromatic carbocycles. The topological polar surface area (TPSA) is 93.5 Å². The monoisotopic (exact) mass is 291 g/mol. The molecular formula is C14H17N3O4. The predicted molar refractivity (Wildman–Crippen MR) is 77.8 cm³/mol. The van der Waals surface area contributed by atoms with E-state index in [1.807, 2.05) is 0 Å². The Kier molecular flexibility index (Phi) is 6.17. The van der Waals surface area contributed by atoms with E-state index in [1.54, 1.807) is 19.2 Å². The van der Waals surface area contributed by atoms with Crippen LogP contribution in [0, 0.1) is 22.5 Å². The Hall–Kier alpha value is -2.59. The highest BCUT2D eigenvalue weighted by Crippen LogP contribution is 2.28. The highest BCUT2D eigenvalue weighted by molar-refractivity contribution is 5.81. The third kappa shape index (κ3) is 4.78. The van der Waals surface area contributed by atoms with Crippen LogP contribution in [0.1, 0.15) is 12.5 Å². The third-order valence-electron chi connectivity index (χ3n) is 2.64. The van der Waals surface area contributed by atoms with Crippen LogP contribution in [0.5, 0.6) is 5.75 Å². The fourth-order valence-corrected chi connectivity index (χ4v) is 1.64. The van der Waals surface area contributed by atoms with Crippen LogP contribution in [0.3, 0.4) is 0 Å². The molecule has 1 unspecified atom stereocenters. The van der Waals surface area contributed by atoms with Crippen LogP contribution >= 0.6 is 0 Å². The van der Waals surface area contributed by atoms with Crippen molar-refractivity contribution in [1.82, 2.24) is 10.6 Å². The zero-order valence-corrected chi connectivity index (χ0v) is 11.9. The fraction of sp³-hybridized carbons (Fsp3) is 0.357. The third-order valence-corrected chi connectivity index (χ3v) is 2.64. The smallest absolute Gasteiger partial charge is 0.310 e. The summed E-state index contributed by atoms with van der Waals surface area (Å²) in [7, 11) is 1.76. The molecule has 1 atom stereocenters. The zero-order valence-electron chi connectivity index (χ0n) is 11.9. The molecule has 0 radical (unpaired) electrons. The molecule has 0 heterocycles. The molecular weight excluding hydrogens is 274 g/mol. The van der Waals surface area contributed by atoms with Crippen LogP contribution in [0.4, 0.5) is 5.69 Å². The molecule has 1 aromatic rings. The lowest BCUT2D eigenvalue weighted by Gasteiger charge is -2.14. The van der Waals surface area contributed by atoms with E-state index in [0.717, 1.165) is 5.56 Å². The van der Waals surface area contributed by atoms with Crippen molar-refractivity contribution in [3.8, 4) is 18.1 Å². The number of nitrogens with zero attached hydrogens (tertiary/aromatic N) is 1. The van der Waals surface area contributed by atoms with E-state index in [-0.39, 0.29) is 18.0 Å². The maximum absolute atomic E-state index is 11.7. The minimum Gasteiger partial charge on any atom is -0.474 e. The Labute approximate surface area is 122 Å². The quantitative estimate of drug-likeness (QED) is 0.441. The van der Waals surface area contributed by atoms with Crippen molar-refractivity contribution >= 4 is 11.6 Å². The summed E-state index contributed by atoms with van der Waals surface area (Å²) in [5.41, 5.74) is 0.626. The molecule has 0 saturated carbocycles. The molecule has 0 saturated heterocycles. The lowest BCUT2D eigenvalue weighted by Crippen LogP contribution is -2.36. The maximum atomic E-state index is 11.7. The van der Waals surface area contributed by atoms with Gasteiger partial charge in [-0.25, -0.2) is 0 Å². The van der Waals surface area contributed by atoms with Gasteiger partial charge in [0.1, 0.15) is 0 Å². The zero-order chi connectivity index (χ0) is 15.8. The highest BCUT2D eigenvalue weighted by atomic mass is 16.6. The molecule has 21 heavy (non-hydrogen) atoms. The van der Waals surface area contributed by atoms with Crippen LogP contribution in [-0.2, 0) is 11.3 Å². The number of carbonyl (C=O) groups excluding carboxylic acids is 1. The SMILES string of the molecule is C#CCNC(=O)C(C)Oc1cc(CNC)ccc1[N+](=O)[O-]. The minimum atomic E-state index is -0.887. The van der Waals surface area contributed by atoms with E-state index >= 15 is 0 Å². The van der Waals surface area contributed by atoms with E-state index in [4.69, 9.17) is 11.2 Å². The van der Waals surface area contributed by atoms with Gasteiger partial charge in [0, 0.05) is 12.6 Å². The summed E-state index contributed by atoms with van der Waals surface area (Å²) in [6.45, 7) is 2.11. The van der Waals surface area contributed by atoms with Gasteiger partial charge in [0.05, 0.1) is 11.5 Å². The summed E-state index contributed by atoms with van der Waals surface area (Å²) in [5, 5.41) is 16.4. The first-order valence-corrected chi connectivity index (χ1v) is 6.29. The average molecular weight is 291 g/mol.